The van der Waals surface area contributed by atoms with E-state index in [4.69, 9.17) is 15.2 Å². The van der Waals surface area contributed by atoms with Crippen molar-refractivity contribution in [3.8, 4) is 0 Å². The maximum Gasteiger partial charge on any atom is 0.288 e. The first kappa shape index (κ1) is 13.0. The van der Waals surface area contributed by atoms with Crippen LogP contribution in [0, 0.1) is 11.8 Å². The lowest BCUT2D eigenvalue weighted by molar-refractivity contribution is -0.0490. The number of methoxy groups -OCH3 is 1. The predicted molar refractivity (Wildman–Crippen MR) is 62.7 cm³/mol. The van der Waals surface area contributed by atoms with Crippen molar-refractivity contribution in [3.63, 3.8) is 0 Å². The van der Waals surface area contributed by atoms with E-state index in [9.17, 15) is 4.79 Å². The Morgan fingerprint density at radius 3 is 2.83 bits per heavy atom. The van der Waals surface area contributed by atoms with E-state index in [0.29, 0.717) is 12.5 Å². The highest BCUT2D eigenvalue weighted by Crippen LogP contribution is 2.38. The summed E-state index contributed by atoms with van der Waals surface area (Å²) in [6, 6.07) is 0. The smallest absolute Gasteiger partial charge is 0.288 e. The van der Waals surface area contributed by atoms with Gasteiger partial charge in [-0.1, -0.05) is 13.8 Å². The number of nitrogens with two attached hydrogens (primary N) is 1. The van der Waals surface area contributed by atoms with Crippen LogP contribution in [0.4, 0.5) is 0 Å². The summed E-state index contributed by atoms with van der Waals surface area (Å²) in [4.78, 5) is 14.8. The van der Waals surface area contributed by atoms with Gasteiger partial charge in [0, 0.05) is 13.0 Å². The standard InChI is InChI=1S/C11H18N4O3/c1-6-7(2)11(18-8(6)4-17-3)15-5-13-10(14-15)9(12)16/h5-8,11H,4H2,1-3H3,(H2,12,16)/t6?,7-,8-,11-/m1/s1. The molecule has 1 unspecified atom stereocenters. The van der Waals surface area contributed by atoms with Crippen LogP contribution in [0.1, 0.15) is 30.7 Å². The van der Waals surface area contributed by atoms with Gasteiger partial charge in [0.1, 0.15) is 6.33 Å². The molecule has 1 aromatic rings. The Bertz CT molecular complexity index is 434. The predicted octanol–water partition coefficient (Wildman–Crippen LogP) is 0.193. The van der Waals surface area contributed by atoms with Crippen molar-refractivity contribution in [2.75, 3.05) is 13.7 Å². The van der Waals surface area contributed by atoms with Gasteiger partial charge in [-0.05, 0) is 5.92 Å². The number of rotatable bonds is 4. The van der Waals surface area contributed by atoms with Gasteiger partial charge < -0.3 is 15.2 Å². The van der Waals surface area contributed by atoms with Gasteiger partial charge in [0.25, 0.3) is 5.91 Å². The normalized spacial score (nSPS) is 31.7. The molecule has 7 heteroatoms. The lowest BCUT2D eigenvalue weighted by Crippen LogP contribution is -2.21. The van der Waals surface area contributed by atoms with Crippen molar-refractivity contribution < 1.29 is 14.3 Å². The molecule has 2 rings (SSSR count). The molecule has 4 atom stereocenters. The lowest BCUT2D eigenvalue weighted by atomic mass is 9.93. The summed E-state index contributed by atoms with van der Waals surface area (Å²) < 4.78 is 12.6. The van der Waals surface area contributed by atoms with Crippen LogP contribution < -0.4 is 5.73 Å². The Morgan fingerprint density at radius 2 is 2.28 bits per heavy atom. The summed E-state index contributed by atoms with van der Waals surface area (Å²) in [5, 5.41) is 4.04. The summed E-state index contributed by atoms with van der Waals surface area (Å²) >= 11 is 0. The molecule has 0 aromatic carbocycles. The number of carbonyl (C=O) groups is 1. The molecule has 18 heavy (non-hydrogen) atoms. The van der Waals surface area contributed by atoms with Gasteiger partial charge >= 0.3 is 0 Å². The molecule has 0 spiro atoms. The fraction of sp³-hybridized carbons (Fsp3) is 0.727. The van der Waals surface area contributed by atoms with Gasteiger partial charge in [0.05, 0.1) is 12.7 Å². The number of amides is 1. The van der Waals surface area contributed by atoms with E-state index in [1.165, 1.54) is 6.33 Å². The molecule has 1 aliphatic rings. The van der Waals surface area contributed by atoms with Crippen LogP contribution in [0.25, 0.3) is 0 Å². The average Bonchev–Trinajstić information content (AvgIpc) is 2.90. The van der Waals surface area contributed by atoms with E-state index in [1.807, 2.05) is 0 Å². The summed E-state index contributed by atoms with van der Waals surface area (Å²) in [7, 11) is 1.65. The van der Waals surface area contributed by atoms with Crippen molar-refractivity contribution in [1.29, 1.82) is 0 Å². The fourth-order valence-corrected chi connectivity index (χ4v) is 2.19. The Balaban J connectivity index is 2.15. The van der Waals surface area contributed by atoms with Crippen molar-refractivity contribution >= 4 is 5.91 Å². The van der Waals surface area contributed by atoms with E-state index < -0.39 is 5.91 Å². The lowest BCUT2D eigenvalue weighted by Gasteiger charge is -2.15. The summed E-state index contributed by atoms with van der Waals surface area (Å²) in [5.41, 5.74) is 5.12. The zero-order valence-corrected chi connectivity index (χ0v) is 10.7. The molecule has 0 aliphatic carbocycles. The largest absolute Gasteiger partial charge is 0.382 e. The molecule has 2 heterocycles. The second kappa shape index (κ2) is 5.03. The van der Waals surface area contributed by atoms with Crippen LogP contribution in [0.5, 0.6) is 0 Å². The highest BCUT2D eigenvalue weighted by molar-refractivity contribution is 5.88. The third kappa shape index (κ3) is 2.23. The van der Waals surface area contributed by atoms with Crippen LogP contribution in [0.2, 0.25) is 0 Å². The molecule has 1 fully saturated rings. The second-order valence-corrected chi connectivity index (χ2v) is 4.65. The van der Waals surface area contributed by atoms with E-state index in [-0.39, 0.29) is 24.1 Å². The number of hydrogen-bond acceptors (Lipinski definition) is 5. The van der Waals surface area contributed by atoms with E-state index in [0.717, 1.165) is 0 Å². The molecule has 1 amide bonds. The molecular formula is C11H18N4O3. The summed E-state index contributed by atoms with van der Waals surface area (Å²) in [6.07, 6.45) is 1.26. The minimum Gasteiger partial charge on any atom is -0.382 e. The maximum absolute atomic E-state index is 11.0. The molecule has 0 radical (unpaired) electrons. The minimum absolute atomic E-state index is 0.00800. The van der Waals surface area contributed by atoms with Gasteiger partial charge in [-0.3, -0.25) is 4.79 Å². The van der Waals surface area contributed by atoms with Gasteiger partial charge in [0.15, 0.2) is 6.23 Å². The molecular weight excluding hydrogens is 236 g/mol. The van der Waals surface area contributed by atoms with Crippen LogP contribution >= 0.6 is 0 Å². The molecule has 100 valence electrons. The minimum atomic E-state index is -0.638. The summed E-state index contributed by atoms with van der Waals surface area (Å²) in [5.74, 6) is -0.0294. The molecule has 7 nitrogen and oxygen atoms in total. The van der Waals surface area contributed by atoms with Gasteiger partial charge in [0.2, 0.25) is 5.82 Å². The summed E-state index contributed by atoms with van der Waals surface area (Å²) in [6.45, 7) is 4.73. The van der Waals surface area contributed by atoms with Crippen molar-refractivity contribution in [2.45, 2.75) is 26.2 Å². The van der Waals surface area contributed by atoms with E-state index in [1.54, 1.807) is 11.8 Å². The van der Waals surface area contributed by atoms with Crippen molar-refractivity contribution in [1.82, 2.24) is 14.8 Å². The highest BCUT2D eigenvalue weighted by atomic mass is 16.5. The zero-order chi connectivity index (χ0) is 13.3. The Labute approximate surface area is 105 Å². The molecule has 1 aliphatic heterocycles. The highest BCUT2D eigenvalue weighted by Gasteiger charge is 2.40. The van der Waals surface area contributed by atoms with Crippen LogP contribution in [0.15, 0.2) is 6.33 Å². The molecule has 2 N–H and O–H groups in total. The molecule has 1 saturated heterocycles. The quantitative estimate of drug-likeness (QED) is 0.828. The number of hydrogen-bond donors (Lipinski definition) is 1. The van der Waals surface area contributed by atoms with Gasteiger partial charge in [-0.25, -0.2) is 9.67 Å². The van der Waals surface area contributed by atoms with Gasteiger partial charge in [-0.15, -0.1) is 5.10 Å². The van der Waals surface area contributed by atoms with Gasteiger partial charge in [-0.2, -0.15) is 0 Å². The van der Waals surface area contributed by atoms with Crippen LogP contribution in [-0.2, 0) is 9.47 Å². The monoisotopic (exact) mass is 254 g/mol. The first-order valence-electron chi connectivity index (χ1n) is 5.90. The Morgan fingerprint density at radius 1 is 1.56 bits per heavy atom. The second-order valence-electron chi connectivity index (χ2n) is 4.65. The molecule has 1 aromatic heterocycles. The maximum atomic E-state index is 11.0. The zero-order valence-electron chi connectivity index (χ0n) is 10.7. The average molecular weight is 254 g/mol. The first-order chi connectivity index (χ1) is 8.54. The van der Waals surface area contributed by atoms with Crippen LogP contribution in [-0.4, -0.2) is 40.5 Å². The Kier molecular flexibility index (Phi) is 3.63. The number of ether oxygens (including phenoxy) is 2. The Hall–Kier alpha value is -1.47. The van der Waals surface area contributed by atoms with E-state index in [2.05, 4.69) is 23.9 Å². The topological polar surface area (TPSA) is 92.3 Å². The fourth-order valence-electron chi connectivity index (χ4n) is 2.19. The third-order valence-electron chi connectivity index (χ3n) is 3.50. The molecule has 0 saturated carbocycles. The van der Waals surface area contributed by atoms with Crippen molar-refractivity contribution in [2.24, 2.45) is 17.6 Å². The van der Waals surface area contributed by atoms with Crippen LogP contribution in [0.3, 0.4) is 0 Å². The van der Waals surface area contributed by atoms with Crippen molar-refractivity contribution in [3.05, 3.63) is 12.2 Å². The SMILES string of the molecule is COC[C@H]1O[C@@H](n2cnc(C(N)=O)n2)[C@H](C)C1C. The van der Waals surface area contributed by atoms with E-state index >= 15 is 0 Å². The first-order valence-corrected chi connectivity index (χ1v) is 5.90. The number of primary amides is 1. The number of nitrogens with zero attached hydrogens (tertiary/aromatic N) is 3. The number of aromatic nitrogens is 3. The third-order valence-corrected chi connectivity index (χ3v) is 3.50. The molecule has 0 bridgehead atoms. The number of carbonyl (C=O) groups excluding carboxylic acids is 1.